The van der Waals surface area contributed by atoms with E-state index in [1.54, 1.807) is 18.9 Å². The standard InChI is InChI=1S/2C13H9.2FH.Ti/c2*1-3-7-12-10(5-1)9-11-6-2-4-8-13(11)12;;;/h2*1-5,7-8H,9H2;2*1H;/q;;;;+2/p-2. The summed E-state index contributed by atoms with van der Waals surface area (Å²) < 4.78 is 3.21. The molecule has 4 aromatic carbocycles. The number of fused-ring (bicyclic) bond motifs is 6. The van der Waals surface area contributed by atoms with Gasteiger partial charge in [0.1, 0.15) is 0 Å². The Balaban J connectivity index is 0.00000102. The maximum absolute atomic E-state index is 2.38. The SMILES string of the molecule is [F-].[F-].c1ccc2c(c1)Cc1[c]([Ti+2][c]3cccc4c3Cc3ccccc3-4)cccc1-2. The van der Waals surface area contributed by atoms with Crippen LogP contribution in [0.1, 0.15) is 22.3 Å². The Hall–Kier alpha value is -2.55. The van der Waals surface area contributed by atoms with Gasteiger partial charge in [0, 0.05) is 0 Å². The zero-order valence-corrected chi connectivity index (χ0v) is 17.3. The third-order valence-electron chi connectivity index (χ3n) is 5.97. The number of benzene rings is 4. The van der Waals surface area contributed by atoms with E-state index in [0.717, 1.165) is 12.8 Å². The van der Waals surface area contributed by atoms with Gasteiger partial charge in [0.05, 0.1) is 0 Å². The third kappa shape index (κ3) is 3.08. The molecule has 3 heteroatoms. The summed E-state index contributed by atoms with van der Waals surface area (Å²) in [5.74, 6) is 0. The summed E-state index contributed by atoms with van der Waals surface area (Å²) in [6.45, 7) is 0. The van der Waals surface area contributed by atoms with Gasteiger partial charge in [0.25, 0.3) is 0 Å². The summed E-state index contributed by atoms with van der Waals surface area (Å²) in [7, 11) is 0. The summed E-state index contributed by atoms with van der Waals surface area (Å²) in [6, 6.07) is 31.7. The Labute approximate surface area is 178 Å². The molecule has 0 bridgehead atoms. The van der Waals surface area contributed by atoms with Crippen LogP contribution in [0.4, 0.5) is 0 Å². The van der Waals surface area contributed by atoms with Crippen molar-refractivity contribution in [3.63, 3.8) is 0 Å². The van der Waals surface area contributed by atoms with Crippen LogP contribution in [0.2, 0.25) is 0 Å². The van der Waals surface area contributed by atoms with E-state index in [2.05, 4.69) is 84.9 Å². The van der Waals surface area contributed by atoms with Gasteiger partial charge in [0.15, 0.2) is 0 Å². The van der Waals surface area contributed by atoms with E-state index in [0.29, 0.717) is 0 Å². The normalized spacial score (nSPS) is 11.9. The average molecular weight is 416 g/mol. The van der Waals surface area contributed by atoms with Gasteiger partial charge in [-0.3, -0.25) is 0 Å². The zero-order valence-electron chi connectivity index (χ0n) is 15.8. The summed E-state index contributed by atoms with van der Waals surface area (Å²) >= 11 is -0.354. The van der Waals surface area contributed by atoms with E-state index in [-0.39, 0.29) is 28.6 Å². The molecule has 4 aromatic rings. The Bertz CT molecular complexity index is 1120. The number of halogens is 2. The van der Waals surface area contributed by atoms with Crippen molar-refractivity contribution in [2.24, 2.45) is 0 Å². The fourth-order valence-corrected chi connectivity index (χ4v) is 6.88. The number of hydrogen-bond donors (Lipinski definition) is 0. The second-order valence-electron chi connectivity index (χ2n) is 7.46. The molecule has 0 aromatic heterocycles. The van der Waals surface area contributed by atoms with Crippen LogP contribution in [0, 0.1) is 0 Å². The van der Waals surface area contributed by atoms with Crippen LogP contribution < -0.4 is 17.1 Å². The van der Waals surface area contributed by atoms with Crippen molar-refractivity contribution in [3.05, 3.63) is 107 Å². The second kappa shape index (κ2) is 7.70. The molecule has 0 amide bonds. The molecular formula is C26H18F2Ti. The quantitative estimate of drug-likeness (QED) is 0.314. The molecular weight excluding hydrogens is 398 g/mol. The van der Waals surface area contributed by atoms with Crippen molar-refractivity contribution in [2.75, 3.05) is 0 Å². The number of hydrogen-bond acceptors (Lipinski definition) is 0. The van der Waals surface area contributed by atoms with Gasteiger partial charge in [-0.2, -0.15) is 0 Å². The van der Waals surface area contributed by atoms with E-state index in [4.69, 9.17) is 0 Å². The van der Waals surface area contributed by atoms with Gasteiger partial charge < -0.3 is 9.41 Å². The molecule has 2 aliphatic rings. The average Bonchev–Trinajstić information content (AvgIpc) is 3.28. The molecule has 0 saturated heterocycles. The number of rotatable bonds is 2. The minimum atomic E-state index is -0.354. The minimum absolute atomic E-state index is 0. The molecule has 0 radical (unpaired) electrons. The Morgan fingerprint density at radius 3 is 1.34 bits per heavy atom. The van der Waals surface area contributed by atoms with E-state index >= 15 is 0 Å². The van der Waals surface area contributed by atoms with Gasteiger partial charge >= 0.3 is 169 Å². The van der Waals surface area contributed by atoms with Gasteiger partial charge in [0.2, 0.25) is 0 Å². The Kier molecular flexibility index (Phi) is 5.25. The topological polar surface area (TPSA) is 0 Å². The molecule has 0 aliphatic heterocycles. The molecule has 0 unspecified atom stereocenters. The van der Waals surface area contributed by atoms with Gasteiger partial charge in [-0.1, -0.05) is 0 Å². The van der Waals surface area contributed by atoms with Crippen LogP contribution in [0.3, 0.4) is 0 Å². The van der Waals surface area contributed by atoms with Crippen LogP contribution >= 0.6 is 0 Å². The van der Waals surface area contributed by atoms with Crippen molar-refractivity contribution < 1.29 is 28.6 Å². The molecule has 0 N–H and O–H groups in total. The molecule has 2 aliphatic carbocycles. The zero-order chi connectivity index (χ0) is 17.8. The summed E-state index contributed by atoms with van der Waals surface area (Å²) in [5.41, 5.74) is 11.9. The van der Waals surface area contributed by atoms with Gasteiger partial charge in [-0.05, 0) is 0 Å². The first kappa shape index (κ1) is 19.8. The van der Waals surface area contributed by atoms with Crippen molar-refractivity contribution in [1.29, 1.82) is 0 Å². The van der Waals surface area contributed by atoms with Crippen LogP contribution in [-0.2, 0) is 32.0 Å². The predicted molar refractivity (Wildman–Crippen MR) is 109 cm³/mol. The molecule has 0 heterocycles. The molecule has 140 valence electrons. The molecule has 0 fully saturated rings. The van der Waals surface area contributed by atoms with Crippen molar-refractivity contribution in [3.8, 4) is 22.3 Å². The van der Waals surface area contributed by atoms with Crippen LogP contribution in [0.5, 0.6) is 0 Å². The van der Waals surface area contributed by atoms with E-state index in [1.165, 1.54) is 33.4 Å². The van der Waals surface area contributed by atoms with Crippen LogP contribution in [0.25, 0.3) is 22.3 Å². The Morgan fingerprint density at radius 1 is 0.448 bits per heavy atom. The molecule has 0 nitrogen and oxygen atoms in total. The third-order valence-corrected chi connectivity index (χ3v) is 8.28. The van der Waals surface area contributed by atoms with Crippen molar-refractivity contribution in [1.82, 2.24) is 0 Å². The fourth-order valence-electron chi connectivity index (χ4n) is 4.69. The van der Waals surface area contributed by atoms with Crippen LogP contribution in [0.15, 0.2) is 84.9 Å². The second-order valence-corrected chi connectivity index (χ2v) is 9.53. The van der Waals surface area contributed by atoms with Gasteiger partial charge in [-0.15, -0.1) is 0 Å². The summed E-state index contributed by atoms with van der Waals surface area (Å²) in [4.78, 5) is 0. The summed E-state index contributed by atoms with van der Waals surface area (Å²) in [5, 5.41) is 0. The molecule has 29 heavy (non-hydrogen) atoms. The van der Waals surface area contributed by atoms with E-state index < -0.39 is 0 Å². The Morgan fingerprint density at radius 2 is 0.862 bits per heavy atom. The first-order chi connectivity index (χ1) is 13.4. The fraction of sp³-hybridized carbons (Fsp3) is 0.0769. The van der Waals surface area contributed by atoms with Gasteiger partial charge in [-0.25, -0.2) is 0 Å². The van der Waals surface area contributed by atoms with Crippen LogP contribution in [-0.4, -0.2) is 0 Å². The maximum atomic E-state index is 2.38. The van der Waals surface area contributed by atoms with Crippen molar-refractivity contribution in [2.45, 2.75) is 12.8 Å². The summed E-state index contributed by atoms with van der Waals surface area (Å²) in [6.07, 6.45) is 2.20. The van der Waals surface area contributed by atoms with E-state index in [1.807, 2.05) is 0 Å². The molecule has 0 saturated carbocycles. The van der Waals surface area contributed by atoms with E-state index in [9.17, 15) is 0 Å². The first-order valence-electron chi connectivity index (χ1n) is 9.56. The molecule has 0 atom stereocenters. The first-order valence-corrected chi connectivity index (χ1v) is 11.1. The van der Waals surface area contributed by atoms with Crippen molar-refractivity contribution >= 4 is 7.74 Å². The predicted octanol–water partition coefficient (Wildman–Crippen LogP) is -1.13. The monoisotopic (exact) mass is 416 g/mol. The molecule has 6 rings (SSSR count). The molecule has 0 spiro atoms.